The van der Waals surface area contributed by atoms with Gasteiger partial charge in [-0.15, -0.1) is 11.3 Å². The second-order valence-electron chi connectivity index (χ2n) is 6.26. The van der Waals surface area contributed by atoms with Crippen LogP contribution in [0.15, 0.2) is 18.3 Å². The van der Waals surface area contributed by atoms with E-state index in [0.717, 1.165) is 18.3 Å². The fourth-order valence-electron chi connectivity index (χ4n) is 1.87. The Morgan fingerprint density at radius 2 is 1.85 bits per heavy atom. The highest BCUT2D eigenvalue weighted by Gasteiger charge is 2.36. The molecule has 0 amide bonds. The number of hydrogen-bond donors (Lipinski definition) is 1. The fourth-order valence-corrected chi connectivity index (χ4v) is 3.80. The van der Waals surface area contributed by atoms with Gasteiger partial charge in [0.15, 0.2) is 5.01 Å². The van der Waals surface area contributed by atoms with Crippen molar-refractivity contribution in [1.82, 2.24) is 9.71 Å². The van der Waals surface area contributed by atoms with Gasteiger partial charge in [0.25, 0.3) is 0 Å². The van der Waals surface area contributed by atoms with Crippen molar-refractivity contribution in [1.29, 1.82) is 0 Å². The van der Waals surface area contributed by atoms with Crippen LogP contribution < -0.4 is 4.72 Å². The average Bonchev–Trinajstić information content (AvgIpc) is 3.00. The predicted octanol–water partition coefficient (Wildman–Crippen LogP) is 5.23. The number of aromatic nitrogens is 1. The third-order valence-corrected chi connectivity index (χ3v) is 6.22. The van der Waals surface area contributed by atoms with Crippen LogP contribution in [0.3, 0.4) is 0 Å². The van der Waals surface area contributed by atoms with E-state index in [4.69, 9.17) is 11.6 Å². The van der Waals surface area contributed by atoms with Crippen molar-refractivity contribution in [2.24, 2.45) is 0 Å². The Morgan fingerprint density at radius 1 is 1.23 bits per heavy atom. The van der Waals surface area contributed by atoms with Gasteiger partial charge in [-0.05, 0) is 26.8 Å². The number of nitrogens with one attached hydrogen (secondary N) is 1. The SMILES string of the molecule is CC(C)(C)[S@@](=O)NC(c1cnc(C(F)(F)F)s1)c1ccc(F)c(Cl)c1F. The zero-order chi connectivity index (χ0) is 19.9. The summed E-state index contributed by atoms with van der Waals surface area (Å²) >= 11 is 5.85. The van der Waals surface area contributed by atoms with Crippen molar-refractivity contribution in [2.75, 3.05) is 0 Å². The maximum absolute atomic E-state index is 14.4. The van der Waals surface area contributed by atoms with E-state index in [-0.39, 0.29) is 21.8 Å². The fraction of sp³-hybridized carbons (Fsp3) is 0.400. The van der Waals surface area contributed by atoms with Crippen molar-refractivity contribution in [3.05, 3.63) is 50.4 Å². The van der Waals surface area contributed by atoms with Crippen LogP contribution in [0.25, 0.3) is 0 Å². The molecule has 2 aromatic rings. The van der Waals surface area contributed by atoms with E-state index in [0.29, 0.717) is 0 Å². The van der Waals surface area contributed by atoms with Crippen LogP contribution in [-0.2, 0) is 17.2 Å². The molecule has 26 heavy (non-hydrogen) atoms. The van der Waals surface area contributed by atoms with Crippen LogP contribution in [0.2, 0.25) is 5.02 Å². The zero-order valence-electron chi connectivity index (χ0n) is 13.7. The molecule has 0 aliphatic heterocycles. The van der Waals surface area contributed by atoms with Gasteiger partial charge in [-0.1, -0.05) is 17.7 Å². The maximum Gasteiger partial charge on any atom is 0.443 e. The van der Waals surface area contributed by atoms with Crippen LogP contribution in [0.5, 0.6) is 0 Å². The number of thiazole rings is 1. The van der Waals surface area contributed by atoms with Crippen LogP contribution in [0.1, 0.15) is 42.3 Å². The number of hydrogen-bond acceptors (Lipinski definition) is 3. The molecule has 2 atom stereocenters. The predicted molar refractivity (Wildman–Crippen MR) is 91.4 cm³/mol. The third-order valence-electron chi connectivity index (χ3n) is 3.21. The summed E-state index contributed by atoms with van der Waals surface area (Å²) in [5.74, 6) is -2.15. The Labute approximate surface area is 158 Å². The first-order valence-electron chi connectivity index (χ1n) is 7.16. The van der Waals surface area contributed by atoms with E-state index in [1.54, 1.807) is 20.8 Å². The van der Waals surface area contributed by atoms with Crippen molar-refractivity contribution in [2.45, 2.75) is 37.7 Å². The molecule has 0 spiro atoms. The van der Waals surface area contributed by atoms with Gasteiger partial charge in [0.2, 0.25) is 0 Å². The second-order valence-corrected chi connectivity index (χ2v) is 9.70. The highest BCUT2D eigenvalue weighted by atomic mass is 35.5. The molecule has 1 heterocycles. The molecular weight excluding hydrogens is 419 g/mol. The molecule has 0 aliphatic carbocycles. The summed E-state index contributed by atoms with van der Waals surface area (Å²) < 4.78 is 80.6. The minimum absolute atomic E-state index is 0.0310. The Morgan fingerprint density at radius 3 is 2.35 bits per heavy atom. The van der Waals surface area contributed by atoms with E-state index in [1.807, 2.05) is 0 Å². The molecule has 0 aliphatic rings. The van der Waals surface area contributed by atoms with Crippen LogP contribution in [-0.4, -0.2) is 13.9 Å². The van der Waals surface area contributed by atoms with Gasteiger partial charge in [0.1, 0.15) is 16.7 Å². The zero-order valence-corrected chi connectivity index (χ0v) is 16.1. The molecule has 1 aromatic heterocycles. The van der Waals surface area contributed by atoms with Crippen molar-refractivity contribution >= 4 is 33.9 Å². The average molecular weight is 433 g/mol. The summed E-state index contributed by atoms with van der Waals surface area (Å²) in [6.45, 7) is 4.90. The highest BCUT2D eigenvalue weighted by Crippen LogP contribution is 2.38. The van der Waals surface area contributed by atoms with Gasteiger partial charge < -0.3 is 0 Å². The number of nitrogens with zero attached hydrogens (tertiary/aromatic N) is 1. The molecule has 2 rings (SSSR count). The van der Waals surface area contributed by atoms with Gasteiger partial charge >= 0.3 is 6.18 Å². The number of halogens is 6. The summed E-state index contributed by atoms with van der Waals surface area (Å²) in [4.78, 5) is 3.27. The first kappa shape index (κ1) is 21.2. The molecule has 1 unspecified atom stereocenters. The Hall–Kier alpha value is -1.10. The highest BCUT2D eigenvalue weighted by molar-refractivity contribution is 7.84. The molecular formula is C15H14ClF5N2OS2. The minimum Gasteiger partial charge on any atom is -0.242 e. The molecule has 0 bridgehead atoms. The first-order valence-corrected chi connectivity index (χ1v) is 9.51. The van der Waals surface area contributed by atoms with Crippen LogP contribution >= 0.6 is 22.9 Å². The van der Waals surface area contributed by atoms with Crippen molar-refractivity contribution < 1.29 is 26.2 Å². The quantitative estimate of drug-likeness (QED) is 0.530. The summed E-state index contributed by atoms with van der Waals surface area (Å²) in [5.41, 5.74) is -0.230. The van der Waals surface area contributed by atoms with E-state index in [9.17, 15) is 26.2 Å². The second kappa shape index (κ2) is 7.49. The lowest BCUT2D eigenvalue weighted by atomic mass is 10.1. The first-order chi connectivity index (χ1) is 11.8. The molecule has 0 saturated heterocycles. The summed E-state index contributed by atoms with van der Waals surface area (Å²) in [6.07, 6.45) is -3.75. The molecule has 0 fully saturated rings. The molecule has 144 valence electrons. The van der Waals surface area contributed by atoms with Gasteiger partial charge in [0.05, 0.1) is 21.8 Å². The van der Waals surface area contributed by atoms with E-state index in [2.05, 4.69) is 9.71 Å². The van der Waals surface area contributed by atoms with E-state index < -0.39 is 49.6 Å². The lowest BCUT2D eigenvalue weighted by Gasteiger charge is -2.24. The lowest BCUT2D eigenvalue weighted by Crippen LogP contribution is -2.36. The molecule has 1 aromatic carbocycles. The van der Waals surface area contributed by atoms with Gasteiger partial charge in [-0.2, -0.15) is 13.2 Å². The number of rotatable bonds is 4. The van der Waals surface area contributed by atoms with Crippen LogP contribution in [0.4, 0.5) is 22.0 Å². The lowest BCUT2D eigenvalue weighted by molar-refractivity contribution is -0.137. The summed E-state index contributed by atoms with van der Waals surface area (Å²) in [7, 11) is -1.76. The molecule has 3 nitrogen and oxygen atoms in total. The molecule has 1 N–H and O–H groups in total. The van der Waals surface area contributed by atoms with Crippen molar-refractivity contribution in [3.63, 3.8) is 0 Å². The Kier molecular flexibility index (Phi) is 6.11. The Balaban J connectivity index is 2.55. The maximum atomic E-state index is 14.4. The number of benzene rings is 1. The molecule has 0 saturated carbocycles. The third kappa shape index (κ3) is 4.59. The Bertz CT molecular complexity index is 832. The van der Waals surface area contributed by atoms with Gasteiger partial charge in [-0.3, -0.25) is 0 Å². The van der Waals surface area contributed by atoms with Crippen molar-refractivity contribution in [3.8, 4) is 0 Å². The largest absolute Gasteiger partial charge is 0.443 e. The monoisotopic (exact) mass is 432 g/mol. The van der Waals surface area contributed by atoms with Crippen LogP contribution in [0, 0.1) is 11.6 Å². The summed E-state index contributed by atoms with van der Waals surface area (Å²) in [5, 5.41) is -1.93. The smallest absolute Gasteiger partial charge is 0.242 e. The minimum atomic E-state index is -4.67. The molecule has 0 radical (unpaired) electrons. The standard InChI is InChI=1S/C15H14ClF5N2OS2/c1-14(2,3)26(24)23-12(7-4-5-8(17)10(16)11(7)18)9-6-22-13(25-9)15(19,20)21/h4-6,12,23H,1-3H3/t12?,26-/m1/s1. The topological polar surface area (TPSA) is 42.0 Å². The van der Waals surface area contributed by atoms with E-state index >= 15 is 0 Å². The normalized spacial score (nSPS) is 15.1. The van der Waals surface area contributed by atoms with Gasteiger partial charge in [0, 0.05) is 16.6 Å². The summed E-state index contributed by atoms with van der Waals surface area (Å²) in [6, 6.07) is 0.684. The number of alkyl halides is 3. The van der Waals surface area contributed by atoms with Gasteiger partial charge in [-0.25, -0.2) is 22.7 Å². The molecule has 11 heteroatoms. The van der Waals surface area contributed by atoms with E-state index in [1.165, 1.54) is 0 Å².